The quantitative estimate of drug-likeness (QED) is 0.515. The first kappa shape index (κ1) is 20.6. The average Bonchev–Trinajstić information content (AvgIpc) is 2.89. The predicted octanol–water partition coefficient (Wildman–Crippen LogP) is 2.09. The van der Waals surface area contributed by atoms with Crippen LogP contribution in [0.25, 0.3) is 0 Å². The van der Waals surface area contributed by atoms with Crippen LogP contribution >= 0.6 is 0 Å². The van der Waals surface area contributed by atoms with Crippen LogP contribution in [0.3, 0.4) is 0 Å². The van der Waals surface area contributed by atoms with Crippen LogP contribution in [0.5, 0.6) is 0 Å². The highest BCUT2D eigenvalue weighted by atomic mass is 32.2. The molecule has 1 saturated heterocycles. The molecule has 0 bridgehead atoms. The Hall–Kier alpha value is -1.71. The second-order valence-corrected chi connectivity index (χ2v) is 6.93. The van der Waals surface area contributed by atoms with Crippen LogP contribution in [0.2, 0.25) is 0 Å². The van der Waals surface area contributed by atoms with Gasteiger partial charge in [0.05, 0.1) is 19.1 Å². The molecule has 11 heteroatoms. The normalized spacial score (nSPS) is 26.6. The van der Waals surface area contributed by atoms with Crippen LogP contribution < -0.4 is 0 Å². The zero-order valence-electron chi connectivity index (χ0n) is 13.5. The molecule has 0 aromatic heterocycles. The van der Waals surface area contributed by atoms with Gasteiger partial charge in [0, 0.05) is 7.11 Å². The summed E-state index contributed by atoms with van der Waals surface area (Å²) in [5.74, 6) is 0. The Balaban J connectivity index is 2.23. The Bertz CT molecular complexity index is 734. The number of hydrogen-bond donors (Lipinski definition) is 0. The lowest BCUT2D eigenvalue weighted by atomic mass is 10.1. The van der Waals surface area contributed by atoms with E-state index in [0.29, 0.717) is 5.56 Å². The molecule has 0 aliphatic carbocycles. The minimum Gasteiger partial charge on any atom is -0.368 e. The second-order valence-electron chi connectivity index (χ2n) is 5.36. The number of nitrogens with zero attached hydrogens (tertiary/aromatic N) is 1. The van der Waals surface area contributed by atoms with Crippen molar-refractivity contribution >= 4 is 10.1 Å². The molecule has 1 heterocycles. The van der Waals surface area contributed by atoms with Crippen molar-refractivity contribution in [3.05, 3.63) is 35.9 Å². The maximum absolute atomic E-state index is 12.7. The van der Waals surface area contributed by atoms with Crippen molar-refractivity contribution in [3.63, 3.8) is 0 Å². The first-order valence-corrected chi connectivity index (χ1v) is 8.80. The average molecular weight is 395 g/mol. The zero-order chi connectivity index (χ0) is 19.4. The lowest BCUT2D eigenvalue weighted by Crippen LogP contribution is -2.42. The van der Waals surface area contributed by atoms with Gasteiger partial charge >= 0.3 is 15.6 Å². The predicted molar refractivity (Wildman–Crippen MR) is 80.8 cm³/mol. The fraction of sp³-hybridized carbons (Fsp3) is 0.533. The number of hydrogen-bond acceptors (Lipinski definition) is 7. The van der Waals surface area contributed by atoms with Crippen molar-refractivity contribution in [1.82, 2.24) is 0 Å². The third-order valence-electron chi connectivity index (χ3n) is 3.60. The van der Waals surface area contributed by atoms with E-state index < -0.39 is 40.2 Å². The highest BCUT2D eigenvalue weighted by Gasteiger charge is 2.55. The molecule has 0 N–H and O–H groups in total. The fourth-order valence-electron chi connectivity index (χ4n) is 2.41. The van der Waals surface area contributed by atoms with Crippen molar-refractivity contribution in [2.45, 2.75) is 43.1 Å². The standard InChI is InChI=1S/C15H16F3NO6S/c1-22-14-13(25-26(20,21)15(16,17)18)12(11(24-14)7-8-19)23-9-10-5-3-2-4-6-10/h2-6,11-14H,7,9H2,1H3/t11-,12+,13-,14?/m1/s1. The van der Waals surface area contributed by atoms with Gasteiger partial charge < -0.3 is 14.2 Å². The number of rotatable bonds is 7. The van der Waals surface area contributed by atoms with Crippen molar-refractivity contribution in [1.29, 1.82) is 5.26 Å². The fourth-order valence-corrected chi connectivity index (χ4v) is 3.01. The van der Waals surface area contributed by atoms with E-state index in [4.69, 9.17) is 19.5 Å². The maximum Gasteiger partial charge on any atom is 0.523 e. The summed E-state index contributed by atoms with van der Waals surface area (Å²) in [4.78, 5) is 0. The summed E-state index contributed by atoms with van der Waals surface area (Å²) in [5.41, 5.74) is -4.91. The maximum atomic E-state index is 12.7. The van der Waals surface area contributed by atoms with Crippen molar-refractivity contribution in [2.24, 2.45) is 0 Å². The van der Waals surface area contributed by atoms with Gasteiger partial charge in [-0.05, 0) is 5.56 Å². The number of nitriles is 1. The lowest BCUT2D eigenvalue weighted by Gasteiger charge is -2.23. The molecule has 1 aliphatic rings. The van der Waals surface area contributed by atoms with E-state index in [-0.39, 0.29) is 13.0 Å². The van der Waals surface area contributed by atoms with E-state index in [9.17, 15) is 21.6 Å². The molecule has 1 aliphatic heterocycles. The summed E-state index contributed by atoms with van der Waals surface area (Å²) in [7, 11) is -4.79. The Morgan fingerprint density at radius 1 is 1.23 bits per heavy atom. The minimum absolute atomic E-state index is 0.0425. The first-order valence-electron chi connectivity index (χ1n) is 7.40. The van der Waals surface area contributed by atoms with Crippen LogP contribution in [-0.4, -0.2) is 45.6 Å². The number of alkyl halides is 3. The molecule has 1 aromatic rings. The Morgan fingerprint density at radius 3 is 2.42 bits per heavy atom. The molecule has 0 radical (unpaired) electrons. The number of halogens is 3. The molecule has 4 atom stereocenters. The third kappa shape index (κ3) is 4.72. The third-order valence-corrected chi connectivity index (χ3v) is 4.64. The number of benzene rings is 1. The van der Waals surface area contributed by atoms with Gasteiger partial charge in [0.1, 0.15) is 12.2 Å². The van der Waals surface area contributed by atoms with E-state index in [1.165, 1.54) is 0 Å². The molecular formula is C15H16F3NO6S. The Labute approximate surface area is 148 Å². The SMILES string of the molecule is COC1O[C@H](CC#N)[C@H](OCc2ccccc2)[C@H]1OS(=O)(=O)C(F)(F)F. The van der Waals surface area contributed by atoms with Crippen LogP contribution in [0.15, 0.2) is 30.3 Å². The zero-order valence-corrected chi connectivity index (χ0v) is 14.4. The molecule has 1 unspecified atom stereocenters. The summed E-state index contributed by atoms with van der Waals surface area (Å²) in [5, 5.41) is 8.87. The van der Waals surface area contributed by atoms with Gasteiger partial charge in [-0.25, -0.2) is 0 Å². The monoisotopic (exact) mass is 395 g/mol. The number of ether oxygens (including phenoxy) is 3. The molecule has 7 nitrogen and oxygen atoms in total. The van der Waals surface area contributed by atoms with Gasteiger partial charge in [-0.15, -0.1) is 0 Å². The van der Waals surface area contributed by atoms with Gasteiger partial charge in [0.25, 0.3) is 0 Å². The summed E-state index contributed by atoms with van der Waals surface area (Å²) in [6.45, 7) is -0.0425. The van der Waals surface area contributed by atoms with Gasteiger partial charge in [0.15, 0.2) is 12.4 Å². The van der Waals surface area contributed by atoms with Crippen molar-refractivity contribution in [2.75, 3.05) is 7.11 Å². The topological polar surface area (TPSA) is 94.8 Å². The van der Waals surface area contributed by atoms with Gasteiger partial charge in [-0.1, -0.05) is 30.3 Å². The van der Waals surface area contributed by atoms with Crippen molar-refractivity contribution < 1.29 is 40.0 Å². The largest absolute Gasteiger partial charge is 0.523 e. The molecule has 1 fully saturated rings. The van der Waals surface area contributed by atoms with Crippen LogP contribution in [0.1, 0.15) is 12.0 Å². The highest BCUT2D eigenvalue weighted by molar-refractivity contribution is 7.87. The molecule has 26 heavy (non-hydrogen) atoms. The first-order chi connectivity index (χ1) is 12.2. The number of methoxy groups -OCH3 is 1. The van der Waals surface area contributed by atoms with Gasteiger partial charge in [0.2, 0.25) is 0 Å². The second kappa shape index (κ2) is 8.32. The molecule has 2 rings (SSSR count). The van der Waals surface area contributed by atoms with E-state index in [1.807, 2.05) is 6.07 Å². The Kier molecular flexibility index (Phi) is 6.59. The molecule has 1 aromatic carbocycles. The highest BCUT2D eigenvalue weighted by Crippen LogP contribution is 2.34. The van der Waals surface area contributed by atoms with Crippen LogP contribution in [0, 0.1) is 11.3 Å². The summed E-state index contributed by atoms with van der Waals surface area (Å²) in [6, 6.07) is 10.5. The van der Waals surface area contributed by atoms with E-state index in [2.05, 4.69) is 4.18 Å². The minimum atomic E-state index is -5.90. The lowest BCUT2D eigenvalue weighted by molar-refractivity contribution is -0.145. The van der Waals surface area contributed by atoms with Crippen LogP contribution in [-0.2, 0) is 35.1 Å². The summed E-state index contributed by atoms with van der Waals surface area (Å²) >= 11 is 0. The molecular weight excluding hydrogens is 379 g/mol. The van der Waals surface area contributed by atoms with E-state index in [0.717, 1.165) is 7.11 Å². The van der Waals surface area contributed by atoms with Crippen molar-refractivity contribution in [3.8, 4) is 6.07 Å². The molecule has 0 saturated carbocycles. The molecule has 0 spiro atoms. The van der Waals surface area contributed by atoms with Crippen LogP contribution in [0.4, 0.5) is 13.2 Å². The smallest absolute Gasteiger partial charge is 0.368 e. The molecule has 144 valence electrons. The summed E-state index contributed by atoms with van der Waals surface area (Å²) in [6.07, 6.45) is -5.66. The van der Waals surface area contributed by atoms with E-state index >= 15 is 0 Å². The molecule has 0 amide bonds. The van der Waals surface area contributed by atoms with Gasteiger partial charge in [-0.2, -0.15) is 26.9 Å². The summed E-state index contributed by atoms with van der Waals surface area (Å²) < 4.78 is 80.7. The Morgan fingerprint density at radius 2 is 1.88 bits per heavy atom. The van der Waals surface area contributed by atoms with Gasteiger partial charge in [-0.3, -0.25) is 4.18 Å². The van der Waals surface area contributed by atoms with E-state index in [1.54, 1.807) is 30.3 Å².